The van der Waals surface area contributed by atoms with Gasteiger partial charge in [0.2, 0.25) is 0 Å². The Labute approximate surface area is 549 Å². The van der Waals surface area contributed by atoms with Crippen molar-refractivity contribution < 1.29 is 68.1 Å². The first-order chi connectivity index (χ1) is 42.8. The van der Waals surface area contributed by atoms with Crippen LogP contribution >= 0.6 is 21.6 Å². The van der Waals surface area contributed by atoms with Crippen LogP contribution in [-0.4, -0.2) is 217 Å². The Morgan fingerprint density at radius 1 is 0.382 bits per heavy atom. The summed E-state index contributed by atoms with van der Waals surface area (Å²) < 4.78 is 27.3. The third-order valence-electron chi connectivity index (χ3n) is 17.0. The number of carbonyl (C=O) groups is 5. The molecular weight excluding hydrogens is 1170 g/mol. The highest BCUT2D eigenvalue weighted by Crippen LogP contribution is 2.23. The smallest absolute Gasteiger partial charge is 0.305 e. The van der Waals surface area contributed by atoms with Gasteiger partial charge in [-0.3, -0.25) is 43.6 Å². The molecule has 0 radical (unpaired) electrons. The number of ether oxygens (including phenoxy) is 5. The molecule has 0 aromatic heterocycles. The molecule has 0 aliphatic carbocycles. The predicted octanol–water partition coefficient (Wildman–Crippen LogP) is 11.7. The van der Waals surface area contributed by atoms with E-state index in [1.165, 1.54) is 0 Å². The molecule has 4 unspecified atom stereocenters. The summed E-state index contributed by atoms with van der Waals surface area (Å²) in [5.74, 6) is 2.87. The van der Waals surface area contributed by atoms with Crippen LogP contribution in [0.3, 0.4) is 0 Å². The molecule has 1 rings (SSSR count). The second kappa shape index (κ2) is 57.2. The van der Waals surface area contributed by atoms with Crippen molar-refractivity contribution >= 4 is 51.4 Å². The summed E-state index contributed by atoms with van der Waals surface area (Å²) in [5.41, 5.74) is 0. The highest BCUT2D eigenvalue weighted by Gasteiger charge is 2.21. The van der Waals surface area contributed by atoms with Crippen LogP contribution in [0.4, 0.5) is 0 Å². The van der Waals surface area contributed by atoms with E-state index in [0.717, 1.165) is 147 Å². The zero-order chi connectivity index (χ0) is 65.7. The lowest BCUT2D eigenvalue weighted by molar-refractivity contribution is -0.146. The van der Waals surface area contributed by atoms with Crippen molar-refractivity contribution in [3.63, 3.8) is 0 Å². The molecular formula is C69H132N4O14S2. The van der Waals surface area contributed by atoms with Crippen molar-refractivity contribution in [3.8, 4) is 0 Å². The molecule has 89 heavy (non-hydrogen) atoms. The minimum atomic E-state index is -0.654. The Kier molecular flexibility index (Phi) is 54.5. The SMILES string of the molecule is CCC(CC)COC(=O)CCCCC(O)CN(CCCC(=O)OCCN1CCN(CCSSCCCN(CC(O)CCCCCCC(=O)OCCC(C)C)CC(O)CCCCCCC(=O)OCCC(C)C)CC1)CC(O)CCCCC(=O)OCC(CC)CC. The maximum atomic E-state index is 12.9. The number of piperazine rings is 1. The second-order valence-corrected chi connectivity index (χ2v) is 28.8. The molecule has 0 amide bonds. The van der Waals surface area contributed by atoms with E-state index in [1.807, 2.05) is 26.5 Å². The van der Waals surface area contributed by atoms with Gasteiger partial charge in [0.1, 0.15) is 6.61 Å². The minimum absolute atomic E-state index is 0.124. The topological polar surface area (TPSA) is 225 Å². The number of carbonyl (C=O) groups excluding carboxylic acids is 5. The fourth-order valence-electron chi connectivity index (χ4n) is 10.6. The van der Waals surface area contributed by atoms with Crippen LogP contribution in [0.1, 0.15) is 242 Å². The van der Waals surface area contributed by atoms with Crippen LogP contribution < -0.4 is 0 Å². The molecule has 18 nitrogen and oxygen atoms in total. The van der Waals surface area contributed by atoms with Gasteiger partial charge in [-0.05, 0) is 114 Å². The Hall–Kier alpha value is -2.27. The van der Waals surface area contributed by atoms with E-state index >= 15 is 0 Å². The summed E-state index contributed by atoms with van der Waals surface area (Å²) in [6.07, 6.45) is 18.8. The molecule has 1 aliphatic rings. The minimum Gasteiger partial charge on any atom is -0.466 e. The molecule has 1 heterocycles. The quantitative estimate of drug-likeness (QED) is 0.0192. The molecule has 0 spiro atoms. The van der Waals surface area contributed by atoms with E-state index in [0.29, 0.717) is 179 Å². The van der Waals surface area contributed by atoms with Gasteiger partial charge >= 0.3 is 29.8 Å². The van der Waals surface area contributed by atoms with Gasteiger partial charge in [0.15, 0.2) is 0 Å². The zero-order valence-corrected chi connectivity index (χ0v) is 59.2. The predicted molar refractivity (Wildman–Crippen MR) is 363 cm³/mol. The first-order valence-corrected chi connectivity index (χ1v) is 38.0. The van der Waals surface area contributed by atoms with Gasteiger partial charge in [0.05, 0.1) is 50.8 Å². The number of hydrogen-bond acceptors (Lipinski definition) is 20. The summed E-state index contributed by atoms with van der Waals surface area (Å²) in [7, 11) is 3.78. The van der Waals surface area contributed by atoms with Crippen LogP contribution in [-0.2, 0) is 47.7 Å². The van der Waals surface area contributed by atoms with E-state index in [2.05, 4.69) is 70.1 Å². The Morgan fingerprint density at radius 2 is 0.697 bits per heavy atom. The largest absolute Gasteiger partial charge is 0.466 e. The van der Waals surface area contributed by atoms with Crippen molar-refractivity contribution in [1.29, 1.82) is 0 Å². The van der Waals surface area contributed by atoms with Gasteiger partial charge in [-0.2, -0.15) is 0 Å². The monoisotopic (exact) mass is 1300 g/mol. The Morgan fingerprint density at radius 3 is 1.09 bits per heavy atom. The van der Waals surface area contributed by atoms with Gasteiger partial charge in [-0.25, -0.2) is 0 Å². The molecule has 0 aromatic carbocycles. The molecule has 1 saturated heterocycles. The van der Waals surface area contributed by atoms with Crippen LogP contribution in [0.25, 0.3) is 0 Å². The fraction of sp³-hybridized carbons (Fsp3) is 0.928. The van der Waals surface area contributed by atoms with Crippen LogP contribution in [0.5, 0.6) is 0 Å². The Bertz CT molecular complexity index is 1640. The lowest BCUT2D eigenvalue weighted by atomic mass is 10.1. The van der Waals surface area contributed by atoms with Gasteiger partial charge in [-0.1, -0.05) is 154 Å². The second-order valence-electron chi connectivity index (χ2n) is 26.1. The number of nitrogens with zero attached hydrogens (tertiary/aromatic N) is 4. The highest BCUT2D eigenvalue weighted by atomic mass is 33.1. The third-order valence-corrected chi connectivity index (χ3v) is 19.5. The summed E-state index contributed by atoms with van der Waals surface area (Å²) in [6.45, 7) is 27.5. The van der Waals surface area contributed by atoms with E-state index in [-0.39, 0.29) is 36.3 Å². The van der Waals surface area contributed by atoms with E-state index in [9.17, 15) is 44.4 Å². The Balaban J connectivity index is 2.50. The standard InChI is InChI=1S/C69H132N4O14S2/c1-9-59(10-2)55-86-68(81)33-23-21-29-63(76)51-72(52-64(77)30-22-24-34-69(82)87-56-60(11-3)12-4)38-25-35-67(80)85-48-44-70-40-42-71(43-41-70)45-50-89-88-49-26-39-73(53-61(74)27-17-13-15-19-31-65(78)83-46-36-57(5)6)54-62(75)28-18-14-16-20-32-66(79)84-47-37-58(7)8/h57-64,74-77H,9-56H2,1-8H3. The van der Waals surface area contributed by atoms with E-state index in [4.69, 9.17) is 23.7 Å². The number of esters is 5. The zero-order valence-electron chi connectivity index (χ0n) is 57.5. The van der Waals surface area contributed by atoms with Crippen LogP contribution in [0.15, 0.2) is 0 Å². The van der Waals surface area contributed by atoms with Crippen LogP contribution in [0, 0.1) is 23.7 Å². The molecule has 0 bridgehead atoms. The highest BCUT2D eigenvalue weighted by molar-refractivity contribution is 8.76. The number of unbranched alkanes of at least 4 members (excludes halogenated alkanes) is 8. The molecule has 0 saturated carbocycles. The fourth-order valence-corrected chi connectivity index (χ4v) is 12.7. The summed E-state index contributed by atoms with van der Waals surface area (Å²) in [4.78, 5) is 70.7. The number of aliphatic hydroxyl groups is 4. The van der Waals surface area contributed by atoms with Crippen molar-refractivity contribution in [1.82, 2.24) is 19.6 Å². The van der Waals surface area contributed by atoms with Crippen molar-refractivity contribution in [2.45, 2.75) is 266 Å². The van der Waals surface area contributed by atoms with Gasteiger partial charge in [0, 0.05) is 109 Å². The lowest BCUT2D eigenvalue weighted by Crippen LogP contribution is -2.47. The average Bonchev–Trinajstić information content (AvgIpc) is 3.60. The van der Waals surface area contributed by atoms with Gasteiger partial charge < -0.3 is 44.1 Å². The summed E-state index contributed by atoms with van der Waals surface area (Å²) >= 11 is 0. The maximum absolute atomic E-state index is 12.9. The lowest BCUT2D eigenvalue weighted by Gasteiger charge is -2.34. The van der Waals surface area contributed by atoms with Crippen LogP contribution in [0.2, 0.25) is 0 Å². The first-order valence-electron chi connectivity index (χ1n) is 35.5. The van der Waals surface area contributed by atoms with Gasteiger partial charge in [0.25, 0.3) is 0 Å². The van der Waals surface area contributed by atoms with Crippen molar-refractivity contribution in [2.24, 2.45) is 23.7 Å². The molecule has 0 aromatic rings. The number of rotatable bonds is 61. The molecule has 524 valence electrons. The maximum Gasteiger partial charge on any atom is 0.305 e. The molecule has 4 atom stereocenters. The first kappa shape index (κ1) is 84.7. The molecule has 1 fully saturated rings. The average molecular weight is 1310 g/mol. The number of aliphatic hydroxyl groups excluding tert-OH is 4. The van der Waals surface area contributed by atoms with E-state index in [1.54, 1.807) is 0 Å². The molecule has 20 heteroatoms. The molecule has 4 N–H and O–H groups in total. The summed E-state index contributed by atoms with van der Waals surface area (Å²) in [6, 6.07) is 0. The van der Waals surface area contributed by atoms with E-state index < -0.39 is 24.4 Å². The van der Waals surface area contributed by atoms with Gasteiger partial charge in [-0.15, -0.1) is 0 Å². The van der Waals surface area contributed by atoms with Crippen molar-refractivity contribution in [3.05, 3.63) is 0 Å². The van der Waals surface area contributed by atoms with Crippen molar-refractivity contribution in [2.75, 3.05) is 123 Å². The summed E-state index contributed by atoms with van der Waals surface area (Å²) in [5, 5.41) is 44.3. The third kappa shape index (κ3) is 51.8. The normalized spacial score (nSPS) is 14.7. The molecule has 1 aliphatic heterocycles. The number of hydrogen-bond donors (Lipinski definition) is 4.